The molecule has 0 fully saturated rings. The summed E-state index contributed by atoms with van der Waals surface area (Å²) in [6.45, 7) is 2.02. The van der Waals surface area contributed by atoms with Crippen molar-refractivity contribution in [2.45, 2.75) is 13.1 Å². The van der Waals surface area contributed by atoms with E-state index in [1.54, 1.807) is 11.3 Å². The molecular weight excluding hydrogens is 282 g/mol. The van der Waals surface area contributed by atoms with Crippen LogP contribution in [0.5, 0.6) is 11.5 Å². The third kappa shape index (κ3) is 2.48. The third-order valence-corrected chi connectivity index (χ3v) is 4.66. The molecule has 0 aliphatic carbocycles. The highest BCUT2D eigenvalue weighted by Gasteiger charge is 2.12. The van der Waals surface area contributed by atoms with Crippen LogP contribution in [-0.4, -0.2) is 6.79 Å². The minimum Gasteiger partial charge on any atom is -0.454 e. The summed E-state index contributed by atoms with van der Waals surface area (Å²) in [6.07, 6.45) is 0. The zero-order chi connectivity index (χ0) is 14.1. The van der Waals surface area contributed by atoms with Crippen LogP contribution in [0, 0.1) is 0 Å². The van der Waals surface area contributed by atoms with Gasteiger partial charge in [0.1, 0.15) is 0 Å². The maximum absolute atomic E-state index is 5.40. The van der Waals surface area contributed by atoms with Gasteiger partial charge in [0.25, 0.3) is 0 Å². The molecule has 3 nitrogen and oxygen atoms in total. The first-order valence-electron chi connectivity index (χ1n) is 6.94. The standard InChI is InChI=1S/C17H15NO2S/c1-2-4-17-14(3-1)13(10-21-17)9-18-8-12-5-6-15-16(7-12)20-11-19-15/h1-7,10,18H,8-9,11H2. The van der Waals surface area contributed by atoms with Gasteiger partial charge in [0.05, 0.1) is 0 Å². The number of thiophene rings is 1. The molecule has 0 bridgehead atoms. The molecule has 106 valence electrons. The van der Waals surface area contributed by atoms with Crippen LogP contribution >= 0.6 is 11.3 Å². The van der Waals surface area contributed by atoms with Crippen LogP contribution in [0.4, 0.5) is 0 Å². The summed E-state index contributed by atoms with van der Waals surface area (Å²) in [4.78, 5) is 0. The Morgan fingerprint density at radius 1 is 1.00 bits per heavy atom. The van der Waals surface area contributed by atoms with Crippen molar-refractivity contribution in [3.05, 3.63) is 59.0 Å². The largest absolute Gasteiger partial charge is 0.454 e. The molecule has 2 heterocycles. The second-order valence-corrected chi connectivity index (χ2v) is 5.96. The Labute approximate surface area is 127 Å². The van der Waals surface area contributed by atoms with E-state index in [-0.39, 0.29) is 0 Å². The smallest absolute Gasteiger partial charge is 0.231 e. The van der Waals surface area contributed by atoms with Crippen molar-refractivity contribution < 1.29 is 9.47 Å². The molecule has 0 spiro atoms. The summed E-state index contributed by atoms with van der Waals surface area (Å²) < 4.78 is 12.1. The Kier molecular flexibility index (Phi) is 3.25. The molecule has 0 unspecified atom stereocenters. The van der Waals surface area contributed by atoms with Crippen LogP contribution in [-0.2, 0) is 13.1 Å². The highest BCUT2D eigenvalue weighted by atomic mass is 32.1. The molecule has 1 aromatic heterocycles. The van der Waals surface area contributed by atoms with Gasteiger partial charge in [0, 0.05) is 17.8 Å². The minimum absolute atomic E-state index is 0.326. The van der Waals surface area contributed by atoms with Crippen LogP contribution in [0.25, 0.3) is 10.1 Å². The fraction of sp³-hybridized carbons (Fsp3) is 0.176. The Morgan fingerprint density at radius 2 is 1.90 bits per heavy atom. The lowest BCUT2D eigenvalue weighted by atomic mass is 10.1. The van der Waals surface area contributed by atoms with Crippen molar-refractivity contribution in [2.75, 3.05) is 6.79 Å². The van der Waals surface area contributed by atoms with E-state index in [0.717, 1.165) is 24.6 Å². The van der Waals surface area contributed by atoms with Crippen molar-refractivity contribution >= 4 is 21.4 Å². The average molecular weight is 297 g/mol. The zero-order valence-corrected chi connectivity index (χ0v) is 12.3. The molecule has 0 saturated heterocycles. The van der Waals surface area contributed by atoms with Gasteiger partial charge in [-0.25, -0.2) is 0 Å². The Morgan fingerprint density at radius 3 is 2.90 bits per heavy atom. The van der Waals surface area contributed by atoms with Gasteiger partial charge in [-0.1, -0.05) is 24.3 Å². The third-order valence-electron chi connectivity index (χ3n) is 3.64. The first kappa shape index (κ1) is 12.7. The van der Waals surface area contributed by atoms with Gasteiger partial charge in [-0.15, -0.1) is 11.3 Å². The summed E-state index contributed by atoms with van der Waals surface area (Å²) in [5.41, 5.74) is 2.56. The molecule has 4 rings (SSSR count). The number of ether oxygens (including phenoxy) is 2. The maximum Gasteiger partial charge on any atom is 0.231 e. The van der Waals surface area contributed by atoms with Crippen molar-refractivity contribution in [1.29, 1.82) is 0 Å². The highest BCUT2D eigenvalue weighted by Crippen LogP contribution is 2.32. The molecule has 21 heavy (non-hydrogen) atoms. The predicted molar refractivity (Wildman–Crippen MR) is 84.9 cm³/mol. The first-order valence-corrected chi connectivity index (χ1v) is 7.82. The van der Waals surface area contributed by atoms with Crippen molar-refractivity contribution in [1.82, 2.24) is 5.32 Å². The summed E-state index contributed by atoms with van der Waals surface area (Å²) in [6, 6.07) is 14.6. The van der Waals surface area contributed by atoms with Gasteiger partial charge in [0.2, 0.25) is 6.79 Å². The van der Waals surface area contributed by atoms with Gasteiger partial charge in [-0.05, 0) is 40.1 Å². The van der Waals surface area contributed by atoms with E-state index >= 15 is 0 Å². The molecule has 0 radical (unpaired) electrons. The molecule has 1 N–H and O–H groups in total. The van der Waals surface area contributed by atoms with Crippen LogP contribution in [0.2, 0.25) is 0 Å². The second kappa shape index (κ2) is 5.39. The molecule has 1 aliphatic heterocycles. The lowest BCUT2D eigenvalue weighted by Gasteiger charge is -2.05. The summed E-state index contributed by atoms with van der Waals surface area (Å²) in [5, 5.41) is 7.08. The van der Waals surface area contributed by atoms with E-state index in [9.17, 15) is 0 Å². The molecule has 3 aromatic rings. The fourth-order valence-corrected chi connectivity index (χ4v) is 3.52. The Balaban J connectivity index is 1.43. The molecule has 2 aromatic carbocycles. The van der Waals surface area contributed by atoms with Crippen molar-refractivity contribution in [3.8, 4) is 11.5 Å². The first-order chi connectivity index (χ1) is 10.4. The fourth-order valence-electron chi connectivity index (χ4n) is 2.56. The lowest BCUT2D eigenvalue weighted by Crippen LogP contribution is -2.12. The Hall–Kier alpha value is -2.04. The number of hydrogen-bond donors (Lipinski definition) is 1. The normalized spacial score (nSPS) is 13.0. The Bertz CT molecular complexity index is 781. The van der Waals surface area contributed by atoms with E-state index < -0.39 is 0 Å². The van der Waals surface area contributed by atoms with E-state index in [4.69, 9.17) is 9.47 Å². The quantitative estimate of drug-likeness (QED) is 0.791. The molecule has 0 amide bonds. The molecular formula is C17H15NO2S. The number of fused-ring (bicyclic) bond motifs is 2. The predicted octanol–water partition coefficient (Wildman–Crippen LogP) is 3.92. The SMILES string of the molecule is c1ccc2c(CNCc3ccc4c(c3)OCO4)csc2c1. The zero-order valence-electron chi connectivity index (χ0n) is 11.5. The van der Waals surface area contributed by atoms with Crippen LogP contribution in [0.1, 0.15) is 11.1 Å². The van der Waals surface area contributed by atoms with Gasteiger partial charge in [-0.2, -0.15) is 0 Å². The number of nitrogens with one attached hydrogen (secondary N) is 1. The van der Waals surface area contributed by atoms with E-state index in [1.807, 2.05) is 12.1 Å². The van der Waals surface area contributed by atoms with E-state index in [2.05, 4.69) is 41.0 Å². The van der Waals surface area contributed by atoms with Gasteiger partial charge in [0.15, 0.2) is 11.5 Å². The highest BCUT2D eigenvalue weighted by molar-refractivity contribution is 7.17. The molecule has 0 atom stereocenters. The molecule has 1 aliphatic rings. The monoisotopic (exact) mass is 297 g/mol. The van der Waals surface area contributed by atoms with Gasteiger partial charge < -0.3 is 14.8 Å². The number of benzene rings is 2. The van der Waals surface area contributed by atoms with Crippen LogP contribution in [0.15, 0.2) is 47.8 Å². The molecule has 0 saturated carbocycles. The van der Waals surface area contributed by atoms with Gasteiger partial charge >= 0.3 is 0 Å². The van der Waals surface area contributed by atoms with E-state index in [0.29, 0.717) is 6.79 Å². The number of rotatable bonds is 4. The second-order valence-electron chi connectivity index (χ2n) is 5.05. The van der Waals surface area contributed by atoms with Crippen molar-refractivity contribution in [3.63, 3.8) is 0 Å². The van der Waals surface area contributed by atoms with E-state index in [1.165, 1.54) is 21.2 Å². The van der Waals surface area contributed by atoms with Gasteiger partial charge in [-0.3, -0.25) is 0 Å². The average Bonchev–Trinajstić information content (AvgIpc) is 3.14. The summed E-state index contributed by atoms with van der Waals surface area (Å²) in [5.74, 6) is 1.68. The summed E-state index contributed by atoms with van der Waals surface area (Å²) in [7, 11) is 0. The van der Waals surface area contributed by atoms with Crippen LogP contribution < -0.4 is 14.8 Å². The molecule has 4 heteroatoms. The minimum atomic E-state index is 0.326. The van der Waals surface area contributed by atoms with Crippen molar-refractivity contribution in [2.24, 2.45) is 0 Å². The summed E-state index contributed by atoms with van der Waals surface area (Å²) >= 11 is 1.80. The number of hydrogen-bond acceptors (Lipinski definition) is 4. The van der Waals surface area contributed by atoms with Crippen LogP contribution in [0.3, 0.4) is 0 Å². The topological polar surface area (TPSA) is 30.5 Å². The lowest BCUT2D eigenvalue weighted by molar-refractivity contribution is 0.174. The maximum atomic E-state index is 5.40.